The van der Waals surface area contributed by atoms with E-state index in [9.17, 15) is 14.4 Å². The smallest absolute Gasteiger partial charge is 0.229 e. The Labute approximate surface area is 262 Å². The van der Waals surface area contributed by atoms with E-state index >= 15 is 0 Å². The minimum Gasteiger partial charge on any atom is -0.357 e. The highest BCUT2D eigenvalue weighted by molar-refractivity contribution is 5.96. The number of ether oxygens (including phenoxy) is 1. The molecule has 8 heteroatoms. The van der Waals surface area contributed by atoms with Gasteiger partial charge in [-0.3, -0.25) is 24.7 Å². The van der Waals surface area contributed by atoms with Crippen molar-refractivity contribution in [1.29, 1.82) is 0 Å². The van der Waals surface area contributed by atoms with Gasteiger partial charge >= 0.3 is 0 Å². The minimum atomic E-state index is -0.287. The first kappa shape index (κ1) is 30.3. The fourth-order valence-corrected chi connectivity index (χ4v) is 11.4. The Kier molecular flexibility index (Phi) is 7.71. The molecule has 1 aromatic rings. The van der Waals surface area contributed by atoms with Gasteiger partial charge in [0.15, 0.2) is 0 Å². The number of aromatic nitrogens is 1. The van der Waals surface area contributed by atoms with Gasteiger partial charge in [-0.2, -0.15) is 0 Å². The summed E-state index contributed by atoms with van der Waals surface area (Å²) >= 11 is 0. The molecule has 6 fully saturated rings. The van der Waals surface area contributed by atoms with Crippen LogP contribution in [0, 0.1) is 52.3 Å². The predicted molar refractivity (Wildman–Crippen MR) is 167 cm³/mol. The number of nitrogens with one attached hydrogen (secondary N) is 3. The molecule has 4 aliphatic carbocycles. The van der Waals surface area contributed by atoms with Gasteiger partial charge in [0, 0.05) is 42.5 Å². The lowest BCUT2D eigenvalue weighted by Gasteiger charge is -2.60. The van der Waals surface area contributed by atoms with E-state index in [1.165, 1.54) is 12.8 Å². The second kappa shape index (κ2) is 11.2. The number of carbonyl (C=O) groups excluding carboxylic acids is 3. The summed E-state index contributed by atoms with van der Waals surface area (Å²) in [7, 11) is 0. The zero-order chi connectivity index (χ0) is 30.9. The Morgan fingerprint density at radius 1 is 1.05 bits per heavy atom. The summed E-state index contributed by atoms with van der Waals surface area (Å²) in [6.07, 6.45) is 10.9. The average Bonchev–Trinajstić information content (AvgIpc) is 3.45. The first-order valence-corrected chi connectivity index (χ1v) is 17.5. The van der Waals surface area contributed by atoms with Crippen LogP contribution in [0.25, 0.3) is 0 Å². The molecule has 12 atom stereocenters. The Hall–Kier alpha value is -2.32. The van der Waals surface area contributed by atoms with Gasteiger partial charge in [-0.1, -0.05) is 33.8 Å². The van der Waals surface area contributed by atoms with Crippen molar-refractivity contribution in [3.05, 3.63) is 30.1 Å². The number of nitrogens with zero attached hydrogens (tertiary/aromatic N) is 1. The van der Waals surface area contributed by atoms with Crippen LogP contribution in [0.2, 0.25) is 0 Å². The van der Waals surface area contributed by atoms with Crippen LogP contribution in [0.5, 0.6) is 0 Å². The van der Waals surface area contributed by atoms with Crippen LogP contribution in [-0.2, 0) is 25.7 Å². The second-order valence-electron chi connectivity index (χ2n) is 16.0. The topological polar surface area (TPSA) is 109 Å². The number of carbonyl (C=O) groups is 3. The van der Waals surface area contributed by atoms with Gasteiger partial charge in [-0.15, -0.1) is 0 Å². The Morgan fingerprint density at radius 3 is 2.64 bits per heavy atom. The third kappa shape index (κ3) is 4.85. The normalized spacial score (nSPS) is 46.0. The molecule has 2 saturated heterocycles. The quantitative estimate of drug-likeness (QED) is 0.418. The average molecular weight is 605 g/mol. The van der Waals surface area contributed by atoms with Crippen LogP contribution < -0.4 is 16.0 Å². The second-order valence-corrected chi connectivity index (χ2v) is 16.0. The van der Waals surface area contributed by atoms with Crippen molar-refractivity contribution in [1.82, 2.24) is 20.9 Å². The first-order chi connectivity index (χ1) is 21.0. The van der Waals surface area contributed by atoms with Crippen molar-refractivity contribution in [2.75, 3.05) is 6.54 Å². The zero-order valence-corrected chi connectivity index (χ0v) is 27.1. The largest absolute Gasteiger partial charge is 0.357 e. The summed E-state index contributed by atoms with van der Waals surface area (Å²) in [5, 5.41) is 9.79. The van der Waals surface area contributed by atoms with E-state index in [2.05, 4.69) is 48.6 Å². The third-order valence-corrected chi connectivity index (χ3v) is 13.9. The van der Waals surface area contributed by atoms with Gasteiger partial charge < -0.3 is 15.4 Å². The van der Waals surface area contributed by atoms with E-state index in [1.807, 2.05) is 18.2 Å². The van der Waals surface area contributed by atoms with Crippen LogP contribution >= 0.6 is 0 Å². The molecule has 6 aliphatic rings. The Bertz CT molecular complexity index is 1280. The predicted octanol–water partition coefficient (Wildman–Crippen LogP) is 4.77. The number of piperidine rings is 1. The first-order valence-electron chi connectivity index (χ1n) is 17.5. The number of hydrogen-bond donors (Lipinski definition) is 3. The standard InChI is InChI=1S/C36H52N4O4/c1-21-10-13-36(39-19-21)22(2)33-29(44-36)16-28-26-9-8-23-15-24(11-12-34(23,3)27(26)17-30(41)35(28,33)4)40-32(43)18-31(42)38-20-25-7-5-6-14-37-25/h5-7,14,21-24,26-29,33,39H,8-13,15-20H2,1-4H3,(H,38,42)(H,40,43)/t21-,22+,23+,24+,26-,27+,28+,29+,33+,34+,35-,36-/m1/s1. The molecule has 3 heterocycles. The van der Waals surface area contributed by atoms with E-state index in [0.29, 0.717) is 60.2 Å². The molecule has 2 amide bonds. The lowest BCUT2D eigenvalue weighted by molar-refractivity contribution is -0.160. The van der Waals surface area contributed by atoms with Crippen molar-refractivity contribution < 1.29 is 19.1 Å². The number of fused-ring (bicyclic) bond motifs is 7. The molecule has 240 valence electrons. The maximum Gasteiger partial charge on any atom is 0.229 e. The lowest BCUT2D eigenvalue weighted by Crippen LogP contribution is -2.60. The van der Waals surface area contributed by atoms with Crippen molar-refractivity contribution in [2.24, 2.45) is 52.3 Å². The Morgan fingerprint density at radius 2 is 1.89 bits per heavy atom. The Balaban J connectivity index is 0.977. The highest BCUT2D eigenvalue weighted by Gasteiger charge is 2.71. The maximum absolute atomic E-state index is 14.4. The molecule has 7 rings (SSSR count). The zero-order valence-electron chi connectivity index (χ0n) is 27.1. The molecule has 1 spiro atoms. The minimum absolute atomic E-state index is 0.0901. The van der Waals surface area contributed by atoms with Gasteiger partial charge in [0.1, 0.15) is 17.9 Å². The summed E-state index contributed by atoms with van der Waals surface area (Å²) < 4.78 is 6.97. The van der Waals surface area contributed by atoms with Crippen LogP contribution in [0.1, 0.15) is 97.6 Å². The fourth-order valence-electron chi connectivity index (χ4n) is 11.4. The molecule has 44 heavy (non-hydrogen) atoms. The third-order valence-electron chi connectivity index (χ3n) is 13.9. The summed E-state index contributed by atoms with van der Waals surface area (Å²) in [5.41, 5.74) is 0.352. The molecule has 2 aliphatic heterocycles. The summed E-state index contributed by atoms with van der Waals surface area (Å²) in [6.45, 7) is 10.8. The van der Waals surface area contributed by atoms with Gasteiger partial charge in [0.2, 0.25) is 11.8 Å². The molecule has 0 unspecified atom stereocenters. The number of amides is 2. The van der Waals surface area contributed by atoms with Gasteiger partial charge in [-0.05, 0) is 98.5 Å². The molecule has 0 radical (unpaired) electrons. The van der Waals surface area contributed by atoms with E-state index in [1.54, 1.807) is 6.20 Å². The fraction of sp³-hybridized carbons (Fsp3) is 0.778. The molecule has 8 nitrogen and oxygen atoms in total. The summed E-state index contributed by atoms with van der Waals surface area (Å²) in [4.78, 5) is 43.8. The molecular formula is C36H52N4O4. The number of rotatable bonds is 5. The van der Waals surface area contributed by atoms with Crippen LogP contribution in [0.15, 0.2) is 24.4 Å². The van der Waals surface area contributed by atoms with Gasteiger partial charge in [-0.25, -0.2) is 0 Å². The summed E-state index contributed by atoms with van der Waals surface area (Å²) in [6, 6.07) is 5.66. The molecule has 3 N–H and O–H groups in total. The SMILES string of the molecule is C[C@@H]1CC[C@@]2(NC1)O[C@H]1C[C@H]3[C@@H]4CC[C@H]5C[C@@H](NC(=O)CC(=O)NCc6ccccn6)CC[C@]5(C)[C@H]4CC(=O)[C@]3(C)[C@H]1[C@@H]2C. The number of pyridine rings is 1. The molecular weight excluding hydrogens is 552 g/mol. The van der Waals surface area contributed by atoms with E-state index in [-0.39, 0.29) is 46.9 Å². The van der Waals surface area contributed by atoms with Crippen molar-refractivity contribution in [3.8, 4) is 0 Å². The lowest BCUT2D eigenvalue weighted by atomic mass is 9.44. The van der Waals surface area contributed by atoms with Crippen molar-refractivity contribution in [3.63, 3.8) is 0 Å². The molecule has 0 aromatic carbocycles. The molecule has 0 bridgehead atoms. The summed E-state index contributed by atoms with van der Waals surface area (Å²) in [5.74, 6) is 3.22. The van der Waals surface area contributed by atoms with E-state index in [4.69, 9.17) is 4.74 Å². The van der Waals surface area contributed by atoms with E-state index < -0.39 is 0 Å². The number of ketones is 1. The molecule has 4 saturated carbocycles. The maximum atomic E-state index is 14.4. The number of Topliss-reactive ketones (excluding diaryl/α,β-unsaturated/α-hetero) is 1. The monoisotopic (exact) mass is 604 g/mol. The molecule has 1 aromatic heterocycles. The highest BCUT2D eigenvalue weighted by Crippen LogP contribution is 2.70. The van der Waals surface area contributed by atoms with E-state index in [0.717, 1.165) is 50.8 Å². The van der Waals surface area contributed by atoms with Crippen LogP contribution in [0.4, 0.5) is 0 Å². The highest BCUT2D eigenvalue weighted by atomic mass is 16.5. The van der Waals surface area contributed by atoms with Crippen molar-refractivity contribution >= 4 is 17.6 Å². The van der Waals surface area contributed by atoms with Gasteiger partial charge in [0.25, 0.3) is 0 Å². The van der Waals surface area contributed by atoms with Crippen molar-refractivity contribution in [2.45, 2.75) is 116 Å². The van der Waals surface area contributed by atoms with Crippen LogP contribution in [-0.4, -0.2) is 47.0 Å². The number of hydrogen-bond acceptors (Lipinski definition) is 6. The van der Waals surface area contributed by atoms with Gasteiger partial charge in [0.05, 0.1) is 18.3 Å². The van der Waals surface area contributed by atoms with Crippen LogP contribution in [0.3, 0.4) is 0 Å².